The molecule has 0 unspecified atom stereocenters. The summed E-state index contributed by atoms with van der Waals surface area (Å²) in [6.07, 6.45) is -0.517. The molecule has 0 spiro atoms. The normalized spacial score (nSPS) is 15.2. The van der Waals surface area contributed by atoms with Gasteiger partial charge in [-0.25, -0.2) is 19.4 Å². The van der Waals surface area contributed by atoms with Crippen molar-refractivity contribution in [3.8, 4) is 17.1 Å². The minimum atomic E-state index is -1.94. The molecule has 4 heterocycles. The third kappa shape index (κ3) is 11.9. The SMILES string of the molecule is CCc1c2c(nc3ccc(OC(=O)N(C)CCN(C)C(=O)OCc4ccc(NC(=O)[C@H](C)NC(=O)[C@H](Cc5ccccc5)NC(=O)CCC(=O)C(C)C)cc4)cc13)-c1cc3c(c(=O)n1C2)COC(=O)[C@]3(O)CC. The number of ketones is 1. The first-order valence-corrected chi connectivity index (χ1v) is 24.3. The highest BCUT2D eigenvalue weighted by atomic mass is 16.6. The number of Topliss-reactive ketones (excluding diaryl/α,β-unsaturated/α-hetero) is 1. The van der Waals surface area contributed by atoms with Crippen LogP contribution in [0.15, 0.2) is 83.7 Å². The van der Waals surface area contributed by atoms with E-state index in [9.17, 15) is 43.5 Å². The molecule has 0 aliphatic carbocycles. The molecule has 0 bridgehead atoms. The van der Waals surface area contributed by atoms with Gasteiger partial charge in [-0.2, -0.15) is 0 Å². The van der Waals surface area contributed by atoms with Crippen molar-refractivity contribution in [3.63, 3.8) is 0 Å². The molecule has 7 rings (SSSR count). The summed E-state index contributed by atoms with van der Waals surface area (Å²) in [5.41, 5.74) is 3.44. The molecule has 0 radical (unpaired) electrons. The van der Waals surface area contributed by atoms with E-state index in [2.05, 4.69) is 16.0 Å². The molecule has 19 nitrogen and oxygen atoms in total. The monoisotopic (exact) mass is 999 g/mol. The molecule has 5 aromatic rings. The predicted molar refractivity (Wildman–Crippen MR) is 269 cm³/mol. The van der Waals surface area contributed by atoms with Gasteiger partial charge in [0.2, 0.25) is 17.7 Å². The van der Waals surface area contributed by atoms with Crippen molar-refractivity contribution in [1.29, 1.82) is 0 Å². The summed E-state index contributed by atoms with van der Waals surface area (Å²) >= 11 is 0. The van der Waals surface area contributed by atoms with E-state index < -0.39 is 53.6 Å². The van der Waals surface area contributed by atoms with Gasteiger partial charge in [0, 0.05) is 74.6 Å². The first-order chi connectivity index (χ1) is 34.8. The number of ether oxygens (including phenoxy) is 3. The van der Waals surface area contributed by atoms with Crippen molar-refractivity contribution < 1.29 is 52.9 Å². The number of benzene rings is 3. The lowest BCUT2D eigenvalue weighted by atomic mass is 9.86. The lowest BCUT2D eigenvalue weighted by Crippen LogP contribution is -2.52. The molecule has 0 saturated heterocycles. The number of nitrogens with zero attached hydrogens (tertiary/aromatic N) is 4. The fourth-order valence-electron chi connectivity index (χ4n) is 8.69. The van der Waals surface area contributed by atoms with Gasteiger partial charge in [0.05, 0.1) is 29.0 Å². The number of carbonyl (C=O) groups is 7. The number of pyridine rings is 2. The lowest BCUT2D eigenvalue weighted by Gasteiger charge is -2.31. The first-order valence-electron chi connectivity index (χ1n) is 24.3. The number of cyclic esters (lactones) is 1. The Kier molecular flexibility index (Phi) is 16.4. The largest absolute Gasteiger partial charge is 0.458 e. The van der Waals surface area contributed by atoms with Gasteiger partial charge >= 0.3 is 18.2 Å². The zero-order chi connectivity index (χ0) is 52.7. The van der Waals surface area contributed by atoms with Crippen LogP contribution in [0.1, 0.15) is 87.3 Å². The van der Waals surface area contributed by atoms with Crippen LogP contribution in [-0.2, 0) is 71.6 Å². The van der Waals surface area contributed by atoms with E-state index in [4.69, 9.17) is 19.2 Å². The highest BCUT2D eigenvalue weighted by molar-refractivity contribution is 5.98. The van der Waals surface area contributed by atoms with Crippen LogP contribution in [0.2, 0.25) is 0 Å². The number of fused-ring (bicyclic) bond motifs is 5. The smallest absolute Gasteiger partial charge is 0.415 e. The summed E-state index contributed by atoms with van der Waals surface area (Å²) in [6, 6.07) is 20.5. The Balaban J connectivity index is 0.878. The van der Waals surface area contributed by atoms with Gasteiger partial charge in [-0.1, -0.05) is 70.2 Å². The van der Waals surface area contributed by atoms with Crippen LogP contribution < -0.4 is 26.2 Å². The van der Waals surface area contributed by atoms with Gasteiger partial charge in [0.1, 0.15) is 36.8 Å². The van der Waals surface area contributed by atoms with Crippen LogP contribution in [0.25, 0.3) is 22.3 Å². The number of hydrogen-bond acceptors (Lipinski definition) is 13. The Bertz CT molecular complexity index is 3010. The van der Waals surface area contributed by atoms with Gasteiger partial charge < -0.3 is 49.6 Å². The van der Waals surface area contributed by atoms with Crippen LogP contribution in [0.3, 0.4) is 0 Å². The molecule has 0 saturated carbocycles. The minimum absolute atomic E-state index is 0.0339. The van der Waals surface area contributed by atoms with Crippen molar-refractivity contribution in [2.45, 2.75) is 104 Å². The van der Waals surface area contributed by atoms with Crippen LogP contribution in [0, 0.1) is 5.92 Å². The number of aliphatic hydroxyl groups is 1. The molecule has 2 aliphatic heterocycles. The highest BCUT2D eigenvalue weighted by Crippen LogP contribution is 2.41. The van der Waals surface area contributed by atoms with Crippen molar-refractivity contribution in [1.82, 2.24) is 30.0 Å². The second kappa shape index (κ2) is 22.7. The Morgan fingerprint density at radius 3 is 2.21 bits per heavy atom. The minimum Gasteiger partial charge on any atom is -0.458 e. The summed E-state index contributed by atoms with van der Waals surface area (Å²) in [4.78, 5) is 111. The summed E-state index contributed by atoms with van der Waals surface area (Å²) in [5, 5.41) is 20.1. The number of hydrogen-bond donors (Lipinski definition) is 4. The Labute approximate surface area is 422 Å². The van der Waals surface area contributed by atoms with E-state index in [-0.39, 0.29) is 92.7 Å². The molecule has 384 valence electrons. The maximum Gasteiger partial charge on any atom is 0.415 e. The third-order valence-corrected chi connectivity index (χ3v) is 13.2. The van der Waals surface area contributed by atoms with Crippen molar-refractivity contribution >= 4 is 58.3 Å². The van der Waals surface area contributed by atoms with Crippen LogP contribution in [0.5, 0.6) is 5.75 Å². The summed E-state index contributed by atoms with van der Waals surface area (Å²) in [5.74, 6) is -2.30. The molecular weight excluding hydrogens is 939 g/mol. The highest BCUT2D eigenvalue weighted by Gasteiger charge is 2.45. The van der Waals surface area contributed by atoms with E-state index in [1.165, 1.54) is 23.8 Å². The van der Waals surface area contributed by atoms with Crippen LogP contribution in [-0.4, -0.2) is 105 Å². The molecule has 0 fully saturated rings. The maximum absolute atomic E-state index is 13.7. The topological polar surface area (TPSA) is 245 Å². The van der Waals surface area contributed by atoms with E-state index >= 15 is 0 Å². The van der Waals surface area contributed by atoms with E-state index in [1.807, 2.05) is 37.3 Å². The number of likely N-dealkylation sites (N-methyl/N-ethyl adjacent to an activating group) is 2. The van der Waals surface area contributed by atoms with E-state index in [0.29, 0.717) is 34.6 Å². The zero-order valence-corrected chi connectivity index (χ0v) is 42.0. The average molecular weight is 1000 g/mol. The number of aryl methyl sites for hydroxylation is 1. The number of rotatable bonds is 19. The number of aromatic nitrogens is 2. The van der Waals surface area contributed by atoms with Crippen molar-refractivity contribution in [3.05, 3.63) is 123 Å². The van der Waals surface area contributed by atoms with Gasteiger partial charge in [0.15, 0.2) is 5.60 Å². The molecular formula is C54H61N7O12. The van der Waals surface area contributed by atoms with Gasteiger partial charge in [0.25, 0.3) is 5.56 Å². The van der Waals surface area contributed by atoms with Gasteiger partial charge in [-0.05, 0) is 72.9 Å². The number of anilines is 1. The number of carbonyl (C=O) groups excluding carboxylic acids is 7. The first kappa shape index (κ1) is 52.9. The number of esters is 1. The van der Waals surface area contributed by atoms with Crippen molar-refractivity contribution in [2.24, 2.45) is 5.92 Å². The fourth-order valence-corrected chi connectivity index (χ4v) is 8.69. The Hall–Kier alpha value is -7.93. The zero-order valence-electron chi connectivity index (χ0n) is 42.0. The van der Waals surface area contributed by atoms with Gasteiger partial charge in [-0.15, -0.1) is 0 Å². The molecule has 3 atom stereocenters. The second-order valence-electron chi connectivity index (χ2n) is 18.7. The average Bonchev–Trinajstić information content (AvgIpc) is 3.75. The van der Waals surface area contributed by atoms with Crippen LogP contribution in [0.4, 0.5) is 15.3 Å². The fraction of sp³-hybridized carbons (Fsp3) is 0.389. The third-order valence-electron chi connectivity index (χ3n) is 13.2. The quantitative estimate of drug-likeness (QED) is 0.0732. The summed E-state index contributed by atoms with van der Waals surface area (Å²) in [7, 11) is 3.08. The molecule has 4 N–H and O–H groups in total. The van der Waals surface area contributed by atoms with E-state index in [1.54, 1.807) is 80.9 Å². The van der Waals surface area contributed by atoms with Crippen LogP contribution >= 0.6 is 0 Å². The van der Waals surface area contributed by atoms with Crippen molar-refractivity contribution in [2.75, 3.05) is 32.5 Å². The molecule has 5 amide bonds. The number of amides is 5. The summed E-state index contributed by atoms with van der Waals surface area (Å²) < 4.78 is 18.0. The summed E-state index contributed by atoms with van der Waals surface area (Å²) in [6.45, 7) is 8.83. The van der Waals surface area contributed by atoms with E-state index in [0.717, 1.165) is 22.1 Å². The molecule has 19 heteroatoms. The molecule has 73 heavy (non-hydrogen) atoms. The van der Waals surface area contributed by atoms with Gasteiger partial charge in [-0.3, -0.25) is 24.0 Å². The maximum atomic E-state index is 13.7. The predicted octanol–water partition coefficient (Wildman–Crippen LogP) is 5.52. The standard InChI is InChI=1S/C54H61N7O12/c1-8-37-38-26-36(19-20-42(38)58-47-39(37)28-61-44(47)27-41-40(50(61)66)30-71-51(67)54(41,70)9-2)73-53(69)60(7)24-23-59(6)52(68)72-29-34-15-17-35(18-16-34)56-48(64)32(5)55-49(65)43(25-33-13-11-10-12-14-33)57-46(63)22-21-45(62)31(3)4/h10-20,26-27,31-32,43,70H,8-9,21-25,28-30H2,1-7H3,(H,55,65)(H,56,64)(H,57,63)/t32-,43-,54-/m0/s1. The molecule has 3 aromatic carbocycles. The molecule has 2 aliphatic rings. The lowest BCUT2D eigenvalue weighted by molar-refractivity contribution is -0.172. The number of nitrogens with one attached hydrogen (secondary N) is 3. The Morgan fingerprint density at radius 2 is 1.53 bits per heavy atom. The second-order valence-corrected chi connectivity index (χ2v) is 18.7. The molecule has 2 aromatic heterocycles. The Morgan fingerprint density at radius 1 is 0.836 bits per heavy atom.